The molecule has 1 aromatic rings. The predicted octanol–water partition coefficient (Wildman–Crippen LogP) is 2.83. The van der Waals surface area contributed by atoms with Gasteiger partial charge < -0.3 is 19.9 Å². The van der Waals surface area contributed by atoms with Crippen molar-refractivity contribution in [2.24, 2.45) is 0 Å². The highest BCUT2D eigenvalue weighted by molar-refractivity contribution is 5.44. The summed E-state index contributed by atoms with van der Waals surface area (Å²) in [5, 5.41) is 13.3. The standard InChI is InChI=1S/C17H25NO3/c1-3-5-6-14(19)12-18-15(4-2)13-7-8-16-17(11-13)21-10-9-20-16/h3,7-8,11,14-15,18-19H,1,4-6,9-10,12H2,2H3. The van der Waals surface area contributed by atoms with Crippen LogP contribution < -0.4 is 14.8 Å². The van der Waals surface area contributed by atoms with Gasteiger partial charge in [0.05, 0.1) is 6.10 Å². The Labute approximate surface area is 126 Å². The van der Waals surface area contributed by atoms with E-state index in [1.807, 2.05) is 18.2 Å². The molecule has 4 heteroatoms. The van der Waals surface area contributed by atoms with E-state index in [4.69, 9.17) is 9.47 Å². The molecule has 2 N–H and O–H groups in total. The summed E-state index contributed by atoms with van der Waals surface area (Å²) in [6.45, 7) is 7.60. The van der Waals surface area contributed by atoms with Crippen LogP contribution in [0.5, 0.6) is 11.5 Å². The van der Waals surface area contributed by atoms with E-state index in [-0.39, 0.29) is 12.1 Å². The third kappa shape index (κ3) is 4.48. The molecule has 1 heterocycles. The molecule has 2 rings (SSSR count). The van der Waals surface area contributed by atoms with Crippen molar-refractivity contribution in [3.05, 3.63) is 36.4 Å². The van der Waals surface area contributed by atoms with Crippen molar-refractivity contribution in [2.45, 2.75) is 38.3 Å². The Hall–Kier alpha value is -1.52. The number of hydrogen-bond donors (Lipinski definition) is 2. The fourth-order valence-electron chi connectivity index (χ4n) is 2.47. The molecule has 0 fully saturated rings. The number of hydrogen-bond acceptors (Lipinski definition) is 4. The summed E-state index contributed by atoms with van der Waals surface area (Å²) in [5.74, 6) is 1.62. The van der Waals surface area contributed by atoms with Crippen molar-refractivity contribution in [1.29, 1.82) is 0 Å². The first kappa shape index (κ1) is 15.9. The van der Waals surface area contributed by atoms with Crippen LogP contribution in [0.4, 0.5) is 0 Å². The maximum Gasteiger partial charge on any atom is 0.161 e. The smallest absolute Gasteiger partial charge is 0.161 e. The molecule has 2 atom stereocenters. The van der Waals surface area contributed by atoms with Crippen molar-refractivity contribution in [3.8, 4) is 11.5 Å². The van der Waals surface area contributed by atoms with Crippen LogP contribution in [0.25, 0.3) is 0 Å². The maximum absolute atomic E-state index is 9.91. The van der Waals surface area contributed by atoms with Crippen molar-refractivity contribution >= 4 is 0 Å². The lowest BCUT2D eigenvalue weighted by Crippen LogP contribution is -2.30. The molecule has 0 radical (unpaired) electrons. The molecule has 0 spiro atoms. The molecule has 0 amide bonds. The second-order valence-electron chi connectivity index (χ2n) is 5.29. The third-order valence-corrected chi connectivity index (χ3v) is 3.68. The lowest BCUT2D eigenvalue weighted by Gasteiger charge is -2.23. The molecule has 1 aliphatic rings. The summed E-state index contributed by atoms with van der Waals surface area (Å²) in [4.78, 5) is 0. The summed E-state index contributed by atoms with van der Waals surface area (Å²) in [6, 6.07) is 6.26. The number of fused-ring (bicyclic) bond motifs is 1. The van der Waals surface area contributed by atoms with Crippen LogP contribution >= 0.6 is 0 Å². The summed E-state index contributed by atoms with van der Waals surface area (Å²) < 4.78 is 11.2. The van der Waals surface area contributed by atoms with Crippen molar-refractivity contribution in [2.75, 3.05) is 19.8 Å². The number of benzene rings is 1. The topological polar surface area (TPSA) is 50.7 Å². The van der Waals surface area contributed by atoms with Crippen LogP contribution in [0.3, 0.4) is 0 Å². The SMILES string of the molecule is C=CCCC(O)CNC(CC)c1ccc2c(c1)OCCO2. The Morgan fingerprint density at radius 3 is 2.81 bits per heavy atom. The zero-order valence-electron chi connectivity index (χ0n) is 12.7. The van der Waals surface area contributed by atoms with Gasteiger partial charge in [0.2, 0.25) is 0 Å². The largest absolute Gasteiger partial charge is 0.486 e. The Balaban J connectivity index is 1.95. The average molecular weight is 291 g/mol. The minimum atomic E-state index is -0.339. The molecular formula is C17H25NO3. The highest BCUT2D eigenvalue weighted by atomic mass is 16.6. The molecule has 1 aromatic carbocycles. The van der Waals surface area contributed by atoms with Gasteiger partial charge in [0, 0.05) is 12.6 Å². The number of rotatable bonds is 8. The van der Waals surface area contributed by atoms with Gasteiger partial charge in [-0.15, -0.1) is 6.58 Å². The van der Waals surface area contributed by atoms with E-state index in [2.05, 4.69) is 24.9 Å². The summed E-state index contributed by atoms with van der Waals surface area (Å²) in [7, 11) is 0. The van der Waals surface area contributed by atoms with Gasteiger partial charge in [-0.1, -0.05) is 19.1 Å². The Kier molecular flexibility index (Phi) is 6.08. The number of ether oxygens (including phenoxy) is 2. The van der Waals surface area contributed by atoms with E-state index in [1.165, 1.54) is 0 Å². The maximum atomic E-state index is 9.91. The first-order valence-corrected chi connectivity index (χ1v) is 7.66. The second-order valence-corrected chi connectivity index (χ2v) is 5.29. The molecule has 0 aromatic heterocycles. The molecule has 1 aliphatic heterocycles. The molecule has 0 bridgehead atoms. The Bertz CT molecular complexity index is 461. The number of aliphatic hydroxyl groups excluding tert-OH is 1. The highest BCUT2D eigenvalue weighted by Crippen LogP contribution is 2.33. The van der Waals surface area contributed by atoms with Crippen molar-refractivity contribution in [3.63, 3.8) is 0 Å². The van der Waals surface area contributed by atoms with Gasteiger partial charge in [-0.2, -0.15) is 0 Å². The molecule has 21 heavy (non-hydrogen) atoms. The summed E-state index contributed by atoms with van der Waals surface area (Å²) >= 11 is 0. The minimum Gasteiger partial charge on any atom is -0.486 e. The van der Waals surface area contributed by atoms with Gasteiger partial charge in [-0.3, -0.25) is 0 Å². The van der Waals surface area contributed by atoms with Crippen LogP contribution in [0.2, 0.25) is 0 Å². The fraction of sp³-hybridized carbons (Fsp3) is 0.529. The molecule has 2 unspecified atom stereocenters. The predicted molar refractivity (Wildman–Crippen MR) is 83.9 cm³/mol. The molecule has 0 aliphatic carbocycles. The second kappa shape index (κ2) is 8.05. The molecule has 4 nitrogen and oxygen atoms in total. The van der Waals surface area contributed by atoms with Crippen LogP contribution in [0.15, 0.2) is 30.9 Å². The third-order valence-electron chi connectivity index (χ3n) is 3.68. The first-order chi connectivity index (χ1) is 10.2. The number of aliphatic hydroxyl groups is 1. The summed E-state index contributed by atoms with van der Waals surface area (Å²) in [6.07, 6.45) is 4.03. The van der Waals surface area contributed by atoms with Crippen molar-refractivity contribution < 1.29 is 14.6 Å². The van der Waals surface area contributed by atoms with E-state index in [1.54, 1.807) is 0 Å². The number of nitrogens with one attached hydrogen (secondary N) is 1. The lowest BCUT2D eigenvalue weighted by atomic mass is 10.0. The van der Waals surface area contributed by atoms with E-state index in [0.717, 1.165) is 36.3 Å². The van der Waals surface area contributed by atoms with Gasteiger partial charge in [0.1, 0.15) is 13.2 Å². The lowest BCUT2D eigenvalue weighted by molar-refractivity contribution is 0.157. The van der Waals surface area contributed by atoms with E-state index >= 15 is 0 Å². The number of allylic oxidation sites excluding steroid dienone is 1. The molecule has 0 saturated heterocycles. The van der Waals surface area contributed by atoms with Crippen LogP contribution in [-0.4, -0.2) is 31.0 Å². The first-order valence-electron chi connectivity index (χ1n) is 7.66. The molecule has 0 saturated carbocycles. The minimum absolute atomic E-state index is 0.208. The van der Waals surface area contributed by atoms with E-state index in [0.29, 0.717) is 19.8 Å². The van der Waals surface area contributed by atoms with Crippen LogP contribution in [0.1, 0.15) is 37.8 Å². The Morgan fingerprint density at radius 1 is 1.33 bits per heavy atom. The van der Waals surface area contributed by atoms with Gasteiger partial charge in [0.25, 0.3) is 0 Å². The van der Waals surface area contributed by atoms with Crippen LogP contribution in [-0.2, 0) is 0 Å². The van der Waals surface area contributed by atoms with Gasteiger partial charge in [-0.05, 0) is 37.0 Å². The van der Waals surface area contributed by atoms with Gasteiger partial charge >= 0.3 is 0 Å². The van der Waals surface area contributed by atoms with Crippen LogP contribution in [0, 0.1) is 0 Å². The van der Waals surface area contributed by atoms with E-state index in [9.17, 15) is 5.11 Å². The van der Waals surface area contributed by atoms with E-state index < -0.39 is 0 Å². The zero-order valence-corrected chi connectivity index (χ0v) is 12.7. The summed E-state index contributed by atoms with van der Waals surface area (Å²) in [5.41, 5.74) is 1.16. The molecule has 116 valence electrons. The zero-order chi connectivity index (χ0) is 15.1. The quantitative estimate of drug-likeness (QED) is 0.723. The van der Waals surface area contributed by atoms with Crippen molar-refractivity contribution in [1.82, 2.24) is 5.32 Å². The fourth-order valence-corrected chi connectivity index (χ4v) is 2.47. The average Bonchev–Trinajstić information content (AvgIpc) is 2.53. The highest BCUT2D eigenvalue weighted by Gasteiger charge is 2.16. The normalized spacial score (nSPS) is 16.3. The van der Waals surface area contributed by atoms with Gasteiger partial charge in [-0.25, -0.2) is 0 Å². The Morgan fingerprint density at radius 2 is 2.10 bits per heavy atom. The molecular weight excluding hydrogens is 266 g/mol. The van der Waals surface area contributed by atoms with Gasteiger partial charge in [0.15, 0.2) is 11.5 Å². The monoisotopic (exact) mass is 291 g/mol.